The van der Waals surface area contributed by atoms with Crippen molar-refractivity contribution in [3.8, 4) is 0 Å². The van der Waals surface area contributed by atoms with Crippen LogP contribution >= 0.6 is 11.6 Å². The molecule has 138 valence electrons. The minimum absolute atomic E-state index is 0.244. The van der Waals surface area contributed by atoms with Crippen molar-refractivity contribution in [3.05, 3.63) is 69.1 Å². The number of carbonyl (C=O) groups excluding carboxylic acids is 2. The van der Waals surface area contributed by atoms with Crippen LogP contribution in [0.1, 0.15) is 16.1 Å². The molecule has 0 aliphatic rings. The number of benzene rings is 2. The van der Waals surface area contributed by atoms with Gasteiger partial charge in [-0.3, -0.25) is 14.4 Å². The van der Waals surface area contributed by atoms with Gasteiger partial charge in [0, 0.05) is 18.1 Å². The molecule has 1 aromatic heterocycles. The summed E-state index contributed by atoms with van der Waals surface area (Å²) in [6, 6.07) is 11.7. The molecular formula is C19H17ClN4O3. The number of hydrogen-bond acceptors (Lipinski definition) is 4. The molecule has 0 aliphatic carbocycles. The lowest BCUT2D eigenvalue weighted by Gasteiger charge is -2.10. The molecule has 3 aromatic rings. The van der Waals surface area contributed by atoms with E-state index in [-0.39, 0.29) is 28.6 Å². The van der Waals surface area contributed by atoms with Crippen LogP contribution in [0, 0.1) is 6.92 Å². The molecule has 3 rings (SSSR count). The zero-order valence-corrected chi connectivity index (χ0v) is 15.5. The summed E-state index contributed by atoms with van der Waals surface area (Å²) in [6.45, 7) is 1.54. The van der Waals surface area contributed by atoms with E-state index in [9.17, 15) is 14.4 Å². The number of aromatic nitrogens is 2. The Balaban J connectivity index is 1.85. The second kappa shape index (κ2) is 7.59. The highest BCUT2D eigenvalue weighted by Crippen LogP contribution is 2.20. The number of halogens is 1. The van der Waals surface area contributed by atoms with Gasteiger partial charge in [0.1, 0.15) is 6.54 Å². The van der Waals surface area contributed by atoms with Crippen molar-refractivity contribution in [1.82, 2.24) is 15.1 Å². The lowest BCUT2D eigenvalue weighted by molar-refractivity contribution is -0.117. The number of nitrogens with one attached hydrogen (secondary N) is 2. The topological polar surface area (TPSA) is 93.1 Å². The van der Waals surface area contributed by atoms with Gasteiger partial charge in [0.15, 0.2) is 0 Å². The number of carbonyl (C=O) groups is 2. The maximum absolute atomic E-state index is 12.5. The molecule has 2 amide bonds. The molecule has 8 heteroatoms. The van der Waals surface area contributed by atoms with Crippen molar-refractivity contribution in [3.63, 3.8) is 0 Å². The number of fused-ring (bicyclic) bond motifs is 1. The van der Waals surface area contributed by atoms with Crippen molar-refractivity contribution >= 4 is 39.9 Å². The third-order valence-corrected chi connectivity index (χ3v) is 4.40. The molecule has 0 spiro atoms. The largest absolute Gasteiger partial charge is 0.355 e. The Morgan fingerprint density at radius 2 is 1.85 bits per heavy atom. The van der Waals surface area contributed by atoms with E-state index >= 15 is 0 Å². The highest BCUT2D eigenvalue weighted by molar-refractivity contribution is 6.34. The first-order chi connectivity index (χ1) is 12.9. The molecule has 0 aliphatic heterocycles. The minimum Gasteiger partial charge on any atom is -0.355 e. The normalized spacial score (nSPS) is 10.6. The molecule has 2 aromatic carbocycles. The molecule has 0 radical (unpaired) electrons. The number of rotatable bonds is 4. The van der Waals surface area contributed by atoms with Crippen LogP contribution in [0.4, 0.5) is 5.69 Å². The average molecular weight is 385 g/mol. The standard InChI is InChI=1S/C19H17ClN4O3/c1-11-13-5-3-4-6-14(13)19(27)24(23-11)10-17(25)22-12-7-8-16(20)15(9-12)18(26)21-2/h3-9H,10H2,1-2H3,(H,21,26)(H,22,25). The van der Waals surface area contributed by atoms with Crippen molar-refractivity contribution < 1.29 is 9.59 Å². The van der Waals surface area contributed by atoms with Crippen molar-refractivity contribution in [2.45, 2.75) is 13.5 Å². The Labute approximate surface area is 160 Å². The van der Waals surface area contributed by atoms with Gasteiger partial charge in [0.05, 0.1) is 21.7 Å². The quantitative estimate of drug-likeness (QED) is 0.722. The van der Waals surface area contributed by atoms with Gasteiger partial charge in [-0.1, -0.05) is 29.8 Å². The summed E-state index contributed by atoms with van der Waals surface area (Å²) >= 11 is 6.00. The van der Waals surface area contributed by atoms with Crippen LogP contribution in [0.5, 0.6) is 0 Å². The summed E-state index contributed by atoms with van der Waals surface area (Å²) in [5.41, 5.74) is 0.960. The molecule has 0 atom stereocenters. The minimum atomic E-state index is -0.440. The SMILES string of the molecule is CNC(=O)c1cc(NC(=O)Cn2nc(C)c3ccccc3c2=O)ccc1Cl. The molecule has 0 saturated heterocycles. The van der Waals surface area contributed by atoms with Crippen LogP contribution in [0.15, 0.2) is 47.3 Å². The third-order valence-electron chi connectivity index (χ3n) is 4.07. The molecule has 27 heavy (non-hydrogen) atoms. The predicted octanol–water partition coefficient (Wildman–Crippen LogP) is 2.36. The second-order valence-electron chi connectivity index (χ2n) is 5.92. The number of anilines is 1. The zero-order chi connectivity index (χ0) is 19.6. The molecule has 1 heterocycles. The van der Waals surface area contributed by atoms with Gasteiger partial charge in [-0.25, -0.2) is 4.68 Å². The maximum atomic E-state index is 12.5. The summed E-state index contributed by atoms with van der Waals surface area (Å²) < 4.78 is 1.13. The lowest BCUT2D eigenvalue weighted by atomic mass is 10.1. The Kier molecular flexibility index (Phi) is 5.23. The van der Waals surface area contributed by atoms with Gasteiger partial charge >= 0.3 is 0 Å². The first-order valence-electron chi connectivity index (χ1n) is 8.18. The fourth-order valence-electron chi connectivity index (χ4n) is 2.76. The summed E-state index contributed by atoms with van der Waals surface area (Å²) in [4.78, 5) is 36.7. The molecule has 0 fully saturated rings. The van der Waals surface area contributed by atoms with E-state index in [0.717, 1.165) is 10.1 Å². The Hall–Kier alpha value is -3.19. The van der Waals surface area contributed by atoms with Crippen LogP contribution in [-0.4, -0.2) is 28.6 Å². The number of hydrogen-bond donors (Lipinski definition) is 2. The number of aryl methyl sites for hydroxylation is 1. The van der Waals surface area contributed by atoms with Gasteiger partial charge in [-0.05, 0) is 31.2 Å². The fraction of sp³-hybridized carbons (Fsp3) is 0.158. The van der Waals surface area contributed by atoms with E-state index in [1.54, 1.807) is 25.1 Å². The zero-order valence-electron chi connectivity index (χ0n) is 14.7. The molecule has 0 bridgehead atoms. The maximum Gasteiger partial charge on any atom is 0.275 e. The average Bonchev–Trinajstić information content (AvgIpc) is 2.66. The summed E-state index contributed by atoms with van der Waals surface area (Å²) in [5.74, 6) is -0.802. The summed E-state index contributed by atoms with van der Waals surface area (Å²) in [6.07, 6.45) is 0. The van der Waals surface area contributed by atoms with E-state index in [1.807, 2.05) is 12.1 Å². The van der Waals surface area contributed by atoms with Gasteiger partial charge in [0.25, 0.3) is 11.5 Å². The Bertz CT molecular complexity index is 1110. The van der Waals surface area contributed by atoms with E-state index in [1.165, 1.54) is 19.2 Å². The van der Waals surface area contributed by atoms with E-state index in [0.29, 0.717) is 16.8 Å². The smallest absolute Gasteiger partial charge is 0.275 e. The number of amides is 2. The van der Waals surface area contributed by atoms with Crippen molar-refractivity contribution in [2.24, 2.45) is 0 Å². The summed E-state index contributed by atoms with van der Waals surface area (Å²) in [7, 11) is 1.49. The molecule has 0 unspecified atom stereocenters. The highest BCUT2D eigenvalue weighted by Gasteiger charge is 2.13. The molecular weight excluding hydrogens is 368 g/mol. The Morgan fingerprint density at radius 1 is 1.15 bits per heavy atom. The highest BCUT2D eigenvalue weighted by atomic mass is 35.5. The van der Waals surface area contributed by atoms with Crippen LogP contribution in [0.3, 0.4) is 0 Å². The van der Waals surface area contributed by atoms with Gasteiger partial charge in [-0.2, -0.15) is 5.10 Å². The Morgan fingerprint density at radius 3 is 2.56 bits per heavy atom. The molecule has 0 saturated carbocycles. The third kappa shape index (κ3) is 3.83. The van der Waals surface area contributed by atoms with Crippen LogP contribution in [0.2, 0.25) is 5.02 Å². The van der Waals surface area contributed by atoms with Crippen LogP contribution in [0.25, 0.3) is 10.8 Å². The van der Waals surface area contributed by atoms with Gasteiger partial charge in [-0.15, -0.1) is 0 Å². The predicted molar refractivity (Wildman–Crippen MR) is 104 cm³/mol. The molecule has 7 nitrogen and oxygen atoms in total. The van der Waals surface area contributed by atoms with Crippen LogP contribution < -0.4 is 16.2 Å². The van der Waals surface area contributed by atoms with Crippen molar-refractivity contribution in [2.75, 3.05) is 12.4 Å². The van der Waals surface area contributed by atoms with E-state index in [2.05, 4.69) is 15.7 Å². The lowest BCUT2D eigenvalue weighted by Crippen LogP contribution is -2.30. The van der Waals surface area contributed by atoms with E-state index in [4.69, 9.17) is 11.6 Å². The number of nitrogens with zero attached hydrogens (tertiary/aromatic N) is 2. The van der Waals surface area contributed by atoms with Gasteiger partial charge < -0.3 is 10.6 Å². The van der Waals surface area contributed by atoms with E-state index < -0.39 is 5.91 Å². The van der Waals surface area contributed by atoms with Gasteiger partial charge in [0.2, 0.25) is 5.91 Å². The fourth-order valence-corrected chi connectivity index (χ4v) is 2.96. The van der Waals surface area contributed by atoms with Crippen molar-refractivity contribution in [1.29, 1.82) is 0 Å². The summed E-state index contributed by atoms with van der Waals surface area (Å²) in [5, 5.41) is 10.9. The monoisotopic (exact) mass is 384 g/mol. The first-order valence-corrected chi connectivity index (χ1v) is 8.56. The van der Waals surface area contributed by atoms with Crippen LogP contribution in [-0.2, 0) is 11.3 Å². The second-order valence-corrected chi connectivity index (χ2v) is 6.32. The molecule has 2 N–H and O–H groups in total. The first kappa shape index (κ1) is 18.6.